The van der Waals surface area contributed by atoms with Crippen molar-refractivity contribution < 1.29 is 4.79 Å². The second kappa shape index (κ2) is 8.00. The van der Waals surface area contributed by atoms with Gasteiger partial charge in [-0.1, -0.05) is 29.8 Å². The fourth-order valence-corrected chi connectivity index (χ4v) is 3.55. The van der Waals surface area contributed by atoms with Crippen molar-refractivity contribution in [2.45, 2.75) is 13.0 Å². The van der Waals surface area contributed by atoms with Crippen molar-refractivity contribution in [2.75, 3.05) is 11.1 Å². The molecule has 0 fully saturated rings. The van der Waals surface area contributed by atoms with Crippen LogP contribution in [0, 0.1) is 0 Å². The molecule has 150 valence electrons. The number of halogens is 1. The fraction of sp³-hybridized carbons (Fsp3) is 0.0870. The molecule has 5 N–H and O–H groups in total. The molecule has 6 nitrogen and oxygen atoms in total. The molecule has 0 spiro atoms. The Labute approximate surface area is 178 Å². The summed E-state index contributed by atoms with van der Waals surface area (Å²) in [7, 11) is 0. The topological polar surface area (TPSA) is 107 Å². The third-order valence-corrected chi connectivity index (χ3v) is 5.25. The van der Waals surface area contributed by atoms with Gasteiger partial charge in [-0.3, -0.25) is 9.78 Å². The maximum atomic E-state index is 11.4. The van der Waals surface area contributed by atoms with Gasteiger partial charge in [-0.05, 0) is 55.0 Å². The largest absolute Gasteiger partial charge is 0.396 e. The van der Waals surface area contributed by atoms with Crippen molar-refractivity contribution in [3.8, 4) is 11.3 Å². The molecule has 0 saturated heterocycles. The van der Waals surface area contributed by atoms with Gasteiger partial charge in [0, 0.05) is 17.1 Å². The molecule has 4 aromatic rings. The SMILES string of the molecule is CC(Nc1nc(-c2ccc(C(N)=O)c(Cl)c2)ccc1N)c1ccc2ncccc2c1. The first-order chi connectivity index (χ1) is 14.4. The quantitative estimate of drug-likeness (QED) is 0.432. The second-order valence-corrected chi connectivity index (χ2v) is 7.42. The number of nitrogen functional groups attached to an aromatic ring is 1. The lowest BCUT2D eigenvalue weighted by Crippen LogP contribution is -2.11. The lowest BCUT2D eigenvalue weighted by molar-refractivity contribution is 0.100. The van der Waals surface area contributed by atoms with Gasteiger partial charge in [0.2, 0.25) is 5.91 Å². The average Bonchev–Trinajstić information content (AvgIpc) is 2.74. The minimum absolute atomic E-state index is 0.0273. The normalized spacial score (nSPS) is 11.9. The number of rotatable bonds is 5. The van der Waals surface area contributed by atoms with Crippen molar-refractivity contribution in [1.82, 2.24) is 9.97 Å². The lowest BCUT2D eigenvalue weighted by atomic mass is 10.0. The minimum Gasteiger partial charge on any atom is -0.396 e. The van der Waals surface area contributed by atoms with E-state index < -0.39 is 5.91 Å². The van der Waals surface area contributed by atoms with Crippen LogP contribution in [0.2, 0.25) is 5.02 Å². The number of hydrogen-bond donors (Lipinski definition) is 3. The number of carbonyl (C=O) groups excluding carboxylic acids is 1. The van der Waals surface area contributed by atoms with Gasteiger partial charge in [-0.15, -0.1) is 0 Å². The number of aromatic nitrogens is 2. The summed E-state index contributed by atoms with van der Waals surface area (Å²) in [6.07, 6.45) is 1.78. The smallest absolute Gasteiger partial charge is 0.250 e. The zero-order valence-electron chi connectivity index (χ0n) is 16.3. The van der Waals surface area contributed by atoms with Crippen LogP contribution in [-0.2, 0) is 0 Å². The van der Waals surface area contributed by atoms with Gasteiger partial charge in [-0.2, -0.15) is 0 Å². The molecule has 0 aliphatic heterocycles. The van der Waals surface area contributed by atoms with Gasteiger partial charge in [0.1, 0.15) is 5.82 Å². The molecular formula is C23H20ClN5O. The number of anilines is 2. The maximum absolute atomic E-state index is 11.4. The monoisotopic (exact) mass is 417 g/mol. The van der Waals surface area contributed by atoms with Crippen molar-refractivity contribution >= 4 is 39.9 Å². The highest BCUT2D eigenvalue weighted by atomic mass is 35.5. The van der Waals surface area contributed by atoms with Gasteiger partial charge in [0.25, 0.3) is 0 Å². The van der Waals surface area contributed by atoms with Gasteiger partial charge in [0.05, 0.1) is 33.5 Å². The summed E-state index contributed by atoms with van der Waals surface area (Å²) in [5, 5.41) is 4.74. The fourth-order valence-electron chi connectivity index (χ4n) is 3.27. The summed E-state index contributed by atoms with van der Waals surface area (Å²) < 4.78 is 0. The Kier molecular flexibility index (Phi) is 5.25. The number of primary amides is 1. The summed E-state index contributed by atoms with van der Waals surface area (Å²) in [6.45, 7) is 2.05. The molecule has 7 heteroatoms. The molecule has 0 aliphatic carbocycles. The Balaban J connectivity index is 1.63. The van der Waals surface area contributed by atoms with E-state index in [1.807, 2.05) is 37.3 Å². The molecule has 0 saturated carbocycles. The van der Waals surface area contributed by atoms with Crippen LogP contribution in [0.5, 0.6) is 0 Å². The number of hydrogen-bond acceptors (Lipinski definition) is 5. The molecule has 1 amide bonds. The van der Waals surface area contributed by atoms with Crippen molar-refractivity contribution in [3.05, 3.63) is 83.0 Å². The minimum atomic E-state index is -0.571. The molecule has 0 bridgehead atoms. The molecule has 2 heterocycles. The zero-order chi connectivity index (χ0) is 21.3. The van der Waals surface area contributed by atoms with Gasteiger partial charge in [-0.25, -0.2) is 4.98 Å². The molecule has 4 rings (SSSR count). The number of nitrogens with zero attached hydrogens (tertiary/aromatic N) is 2. The molecule has 0 aliphatic rings. The Bertz CT molecular complexity index is 1260. The lowest BCUT2D eigenvalue weighted by Gasteiger charge is -2.18. The number of carbonyl (C=O) groups is 1. The standard InChI is InChI=1S/C23H20ClN5O/c1-13(14-5-8-20-15(11-14)3-2-10-27-20)28-23-19(25)7-9-21(29-23)16-4-6-17(22(26)30)18(24)12-16/h2-13H,25H2,1H3,(H2,26,30)(H,28,29). The molecule has 2 aromatic heterocycles. The predicted octanol–water partition coefficient (Wildman–Crippen LogP) is 4.80. The van der Waals surface area contributed by atoms with Crippen LogP contribution < -0.4 is 16.8 Å². The van der Waals surface area contributed by atoms with Crippen molar-refractivity contribution in [1.29, 1.82) is 0 Å². The highest BCUT2D eigenvalue weighted by Gasteiger charge is 2.13. The van der Waals surface area contributed by atoms with Crippen LogP contribution in [0.15, 0.2) is 66.9 Å². The van der Waals surface area contributed by atoms with E-state index in [9.17, 15) is 4.79 Å². The van der Waals surface area contributed by atoms with E-state index in [0.717, 1.165) is 22.0 Å². The summed E-state index contributed by atoms with van der Waals surface area (Å²) in [6, 6.07) is 18.7. The molecule has 30 heavy (non-hydrogen) atoms. The number of pyridine rings is 2. The van der Waals surface area contributed by atoms with E-state index in [-0.39, 0.29) is 16.6 Å². The van der Waals surface area contributed by atoms with Gasteiger partial charge < -0.3 is 16.8 Å². The Morgan fingerprint density at radius 1 is 1.10 bits per heavy atom. The first-order valence-corrected chi connectivity index (χ1v) is 9.77. The Morgan fingerprint density at radius 2 is 1.93 bits per heavy atom. The first kappa shape index (κ1) is 19.7. The van der Waals surface area contributed by atoms with E-state index in [1.54, 1.807) is 30.5 Å². The Hall–Kier alpha value is -3.64. The molecule has 0 radical (unpaired) electrons. The number of nitrogens with one attached hydrogen (secondary N) is 1. The van der Waals surface area contributed by atoms with Crippen molar-refractivity contribution in [3.63, 3.8) is 0 Å². The van der Waals surface area contributed by atoms with Crippen LogP contribution in [0.25, 0.3) is 22.2 Å². The second-order valence-electron chi connectivity index (χ2n) is 7.01. The van der Waals surface area contributed by atoms with Crippen molar-refractivity contribution in [2.24, 2.45) is 5.73 Å². The highest BCUT2D eigenvalue weighted by Crippen LogP contribution is 2.29. The van der Waals surface area contributed by atoms with Crippen LogP contribution in [0.4, 0.5) is 11.5 Å². The third kappa shape index (κ3) is 3.90. The van der Waals surface area contributed by atoms with E-state index in [1.165, 1.54) is 0 Å². The number of fused-ring (bicyclic) bond motifs is 1. The average molecular weight is 418 g/mol. The van der Waals surface area contributed by atoms with Crippen LogP contribution in [-0.4, -0.2) is 15.9 Å². The van der Waals surface area contributed by atoms with E-state index in [2.05, 4.69) is 21.4 Å². The summed E-state index contributed by atoms with van der Waals surface area (Å²) >= 11 is 6.18. The Morgan fingerprint density at radius 3 is 2.70 bits per heavy atom. The van der Waals surface area contributed by atoms with Gasteiger partial charge in [0.15, 0.2) is 0 Å². The van der Waals surface area contributed by atoms with Gasteiger partial charge >= 0.3 is 0 Å². The van der Waals surface area contributed by atoms with E-state index >= 15 is 0 Å². The zero-order valence-corrected chi connectivity index (χ0v) is 17.0. The van der Waals surface area contributed by atoms with E-state index in [4.69, 9.17) is 23.1 Å². The number of nitrogens with two attached hydrogens (primary N) is 2. The molecular weight excluding hydrogens is 398 g/mol. The molecule has 2 aromatic carbocycles. The van der Waals surface area contributed by atoms with Crippen LogP contribution in [0.1, 0.15) is 28.9 Å². The number of benzene rings is 2. The molecule has 1 unspecified atom stereocenters. The highest BCUT2D eigenvalue weighted by molar-refractivity contribution is 6.34. The predicted molar refractivity (Wildman–Crippen MR) is 121 cm³/mol. The van der Waals surface area contributed by atoms with Crippen LogP contribution in [0.3, 0.4) is 0 Å². The number of amides is 1. The molecule has 1 atom stereocenters. The first-order valence-electron chi connectivity index (χ1n) is 9.40. The van der Waals surface area contributed by atoms with Crippen LogP contribution >= 0.6 is 11.6 Å². The van der Waals surface area contributed by atoms with E-state index in [0.29, 0.717) is 17.2 Å². The summed E-state index contributed by atoms with van der Waals surface area (Å²) in [4.78, 5) is 20.4. The third-order valence-electron chi connectivity index (χ3n) is 4.94. The summed E-state index contributed by atoms with van der Waals surface area (Å²) in [5.41, 5.74) is 15.8. The maximum Gasteiger partial charge on any atom is 0.250 e. The summed E-state index contributed by atoms with van der Waals surface area (Å²) in [5.74, 6) is -0.0000327.